The van der Waals surface area contributed by atoms with Crippen molar-refractivity contribution >= 4 is 17.8 Å². The highest BCUT2D eigenvalue weighted by molar-refractivity contribution is 5.83. The lowest BCUT2D eigenvalue weighted by molar-refractivity contribution is -0.150. The molecule has 2 atom stereocenters. The molecular formula is C35H66N2O5. The van der Waals surface area contributed by atoms with Crippen molar-refractivity contribution in [1.29, 1.82) is 0 Å². The monoisotopic (exact) mass is 594 g/mol. The summed E-state index contributed by atoms with van der Waals surface area (Å²) in [7, 11) is 0. The summed E-state index contributed by atoms with van der Waals surface area (Å²) in [4.78, 5) is 35.9. The van der Waals surface area contributed by atoms with Gasteiger partial charge in [-0.05, 0) is 83.6 Å². The van der Waals surface area contributed by atoms with Gasteiger partial charge in [0.1, 0.15) is 12.1 Å². The Kier molecular flexibility index (Phi) is 29.2. The zero-order chi connectivity index (χ0) is 31.1. The van der Waals surface area contributed by atoms with E-state index in [-0.39, 0.29) is 18.0 Å². The molecule has 0 saturated heterocycles. The number of amides is 1. The fraction of sp³-hybridized carbons (Fsp3) is 0.857. The summed E-state index contributed by atoms with van der Waals surface area (Å²) in [5.74, 6) is -1.33. The molecule has 0 radical (unpaired) electrons. The van der Waals surface area contributed by atoms with E-state index >= 15 is 0 Å². The average Bonchev–Trinajstić information content (AvgIpc) is 2.96. The molecular weight excluding hydrogens is 528 g/mol. The van der Waals surface area contributed by atoms with Gasteiger partial charge in [-0.3, -0.25) is 9.59 Å². The van der Waals surface area contributed by atoms with Crippen LogP contribution in [0.3, 0.4) is 0 Å². The first-order valence-electron chi connectivity index (χ1n) is 17.5. The van der Waals surface area contributed by atoms with Crippen LogP contribution in [0.2, 0.25) is 0 Å². The molecule has 7 heteroatoms. The van der Waals surface area contributed by atoms with Crippen molar-refractivity contribution in [2.24, 2.45) is 5.73 Å². The molecule has 7 nitrogen and oxygen atoms in total. The van der Waals surface area contributed by atoms with Crippen molar-refractivity contribution in [3.63, 3.8) is 0 Å². The second-order valence-corrected chi connectivity index (χ2v) is 11.9. The van der Waals surface area contributed by atoms with E-state index in [1.54, 1.807) is 0 Å². The zero-order valence-electron chi connectivity index (χ0n) is 27.4. The minimum absolute atomic E-state index is 0.0475. The van der Waals surface area contributed by atoms with Gasteiger partial charge in [-0.15, -0.1) is 0 Å². The van der Waals surface area contributed by atoms with Crippen LogP contribution in [-0.4, -0.2) is 41.6 Å². The Hall–Kier alpha value is -1.89. The van der Waals surface area contributed by atoms with E-state index in [1.807, 2.05) is 0 Å². The summed E-state index contributed by atoms with van der Waals surface area (Å²) >= 11 is 0. The molecule has 2 unspecified atom stereocenters. The molecule has 0 fully saturated rings. The van der Waals surface area contributed by atoms with E-state index in [4.69, 9.17) is 10.5 Å². The predicted molar refractivity (Wildman–Crippen MR) is 174 cm³/mol. The molecule has 0 aromatic carbocycles. The third-order valence-electron chi connectivity index (χ3n) is 7.83. The van der Waals surface area contributed by atoms with Crippen LogP contribution < -0.4 is 11.1 Å². The van der Waals surface area contributed by atoms with Crippen molar-refractivity contribution in [3.05, 3.63) is 12.2 Å². The van der Waals surface area contributed by atoms with Crippen molar-refractivity contribution in [1.82, 2.24) is 5.32 Å². The fourth-order valence-electron chi connectivity index (χ4n) is 5.15. The Morgan fingerprint density at radius 2 is 1.17 bits per heavy atom. The van der Waals surface area contributed by atoms with Crippen LogP contribution in [0.1, 0.15) is 174 Å². The number of unbranched alkanes of at least 4 members (excludes halogenated alkanes) is 15. The SMILES string of the molecule is CCCCCCCC/C=C\CCCCCCCC(=O)OC(CCCCC)CCCCCC(=O)NC(CCCN)C(=O)O. The Bertz CT molecular complexity index is 682. The van der Waals surface area contributed by atoms with Crippen LogP contribution in [-0.2, 0) is 19.1 Å². The van der Waals surface area contributed by atoms with Gasteiger partial charge in [-0.25, -0.2) is 4.79 Å². The second kappa shape index (κ2) is 30.6. The number of ether oxygens (including phenoxy) is 1. The van der Waals surface area contributed by atoms with Crippen molar-refractivity contribution in [2.75, 3.05) is 6.54 Å². The lowest BCUT2D eigenvalue weighted by Gasteiger charge is -2.18. The molecule has 0 aromatic rings. The second-order valence-electron chi connectivity index (χ2n) is 11.9. The van der Waals surface area contributed by atoms with E-state index in [2.05, 4.69) is 31.3 Å². The first-order valence-corrected chi connectivity index (χ1v) is 17.5. The first-order chi connectivity index (χ1) is 20.4. The summed E-state index contributed by atoms with van der Waals surface area (Å²) in [6.45, 7) is 4.83. The first kappa shape index (κ1) is 40.1. The largest absolute Gasteiger partial charge is 0.480 e. The minimum atomic E-state index is -1.02. The van der Waals surface area contributed by atoms with E-state index in [1.165, 1.54) is 70.6 Å². The smallest absolute Gasteiger partial charge is 0.326 e. The Labute approximate surface area is 258 Å². The molecule has 42 heavy (non-hydrogen) atoms. The Morgan fingerprint density at radius 3 is 1.76 bits per heavy atom. The number of carbonyl (C=O) groups is 3. The predicted octanol–water partition coefficient (Wildman–Crippen LogP) is 8.77. The normalized spacial score (nSPS) is 12.8. The average molecular weight is 595 g/mol. The number of nitrogens with one attached hydrogen (secondary N) is 1. The molecule has 0 aliphatic heterocycles. The number of hydrogen-bond donors (Lipinski definition) is 3. The van der Waals surface area contributed by atoms with Gasteiger partial charge < -0.3 is 20.9 Å². The lowest BCUT2D eigenvalue weighted by atomic mass is 10.0. The van der Waals surface area contributed by atoms with E-state index in [0.717, 1.165) is 57.8 Å². The number of esters is 1. The van der Waals surface area contributed by atoms with Gasteiger partial charge in [0.25, 0.3) is 0 Å². The molecule has 246 valence electrons. The zero-order valence-corrected chi connectivity index (χ0v) is 27.4. The molecule has 0 saturated carbocycles. The van der Waals surface area contributed by atoms with E-state index < -0.39 is 12.0 Å². The van der Waals surface area contributed by atoms with Crippen LogP contribution >= 0.6 is 0 Å². The maximum Gasteiger partial charge on any atom is 0.326 e. The number of aliphatic carboxylic acids is 1. The van der Waals surface area contributed by atoms with Gasteiger partial charge in [0.2, 0.25) is 5.91 Å². The van der Waals surface area contributed by atoms with Crippen LogP contribution in [0.5, 0.6) is 0 Å². The summed E-state index contributed by atoms with van der Waals surface area (Å²) in [5, 5.41) is 11.8. The van der Waals surface area contributed by atoms with Gasteiger partial charge in [0.05, 0.1) is 0 Å². The Balaban J connectivity index is 4.01. The van der Waals surface area contributed by atoms with Crippen LogP contribution in [0.25, 0.3) is 0 Å². The van der Waals surface area contributed by atoms with Crippen molar-refractivity contribution in [3.8, 4) is 0 Å². The number of rotatable bonds is 31. The highest BCUT2D eigenvalue weighted by Gasteiger charge is 2.19. The number of nitrogens with two attached hydrogens (primary N) is 1. The fourth-order valence-corrected chi connectivity index (χ4v) is 5.15. The molecule has 0 heterocycles. The molecule has 0 aliphatic carbocycles. The van der Waals surface area contributed by atoms with Gasteiger partial charge in [-0.1, -0.05) is 96.6 Å². The number of carboxylic acid groups (broad SMARTS) is 1. The maximum atomic E-state index is 12.5. The molecule has 0 aliphatic rings. The van der Waals surface area contributed by atoms with Crippen LogP contribution in [0.15, 0.2) is 12.2 Å². The van der Waals surface area contributed by atoms with Crippen molar-refractivity contribution in [2.45, 2.75) is 187 Å². The van der Waals surface area contributed by atoms with Crippen molar-refractivity contribution < 1.29 is 24.2 Å². The van der Waals surface area contributed by atoms with E-state index in [0.29, 0.717) is 38.6 Å². The van der Waals surface area contributed by atoms with Gasteiger partial charge >= 0.3 is 11.9 Å². The number of carboxylic acids is 1. The quantitative estimate of drug-likeness (QED) is 0.0419. The standard InChI is InChI=1S/C35H66N2O5/c1-3-5-7-8-9-10-11-12-13-14-15-16-17-18-23-29-34(39)42-31(25-20-6-4-2)26-21-19-22-28-33(38)37-32(35(40)41)27-24-30-36/h12-13,31-32H,3-11,14-30,36H2,1-2H3,(H,37,38)(H,40,41)/b13-12-. The topological polar surface area (TPSA) is 119 Å². The van der Waals surface area contributed by atoms with Crippen LogP contribution in [0, 0.1) is 0 Å². The highest BCUT2D eigenvalue weighted by atomic mass is 16.5. The minimum Gasteiger partial charge on any atom is -0.480 e. The molecule has 0 aromatic heterocycles. The summed E-state index contributed by atoms with van der Waals surface area (Å²) < 4.78 is 5.86. The number of hydrogen-bond acceptors (Lipinski definition) is 5. The molecule has 4 N–H and O–H groups in total. The number of carbonyl (C=O) groups excluding carboxylic acids is 2. The lowest BCUT2D eigenvalue weighted by Crippen LogP contribution is -2.40. The summed E-state index contributed by atoms with van der Waals surface area (Å²) in [6, 6.07) is -0.870. The summed E-state index contributed by atoms with van der Waals surface area (Å²) in [6.07, 6.45) is 30.0. The maximum absolute atomic E-state index is 12.5. The molecule has 1 amide bonds. The summed E-state index contributed by atoms with van der Waals surface area (Å²) in [5.41, 5.74) is 5.45. The highest BCUT2D eigenvalue weighted by Crippen LogP contribution is 2.17. The third-order valence-corrected chi connectivity index (χ3v) is 7.83. The third kappa shape index (κ3) is 27.0. The number of allylic oxidation sites excluding steroid dienone is 2. The molecule has 0 bridgehead atoms. The molecule has 0 rings (SSSR count). The van der Waals surface area contributed by atoms with Gasteiger partial charge in [0, 0.05) is 12.8 Å². The van der Waals surface area contributed by atoms with Gasteiger partial charge in [-0.2, -0.15) is 0 Å². The van der Waals surface area contributed by atoms with E-state index in [9.17, 15) is 19.5 Å². The Morgan fingerprint density at radius 1 is 0.667 bits per heavy atom. The van der Waals surface area contributed by atoms with Gasteiger partial charge in [0.15, 0.2) is 0 Å². The molecule has 0 spiro atoms. The van der Waals surface area contributed by atoms with Crippen LogP contribution in [0.4, 0.5) is 0 Å².